The number of nitrogens with one attached hydrogen (secondary N) is 2. The summed E-state index contributed by atoms with van der Waals surface area (Å²) >= 11 is 0. The second-order valence-corrected chi connectivity index (χ2v) is 11.1. The Morgan fingerprint density at radius 1 is 0.933 bits per heavy atom. The van der Waals surface area contributed by atoms with Crippen molar-refractivity contribution in [3.05, 3.63) is 82.9 Å². The van der Waals surface area contributed by atoms with Gasteiger partial charge in [-0.15, -0.1) is 0 Å². The number of hydrogen-bond acceptors (Lipinski definition) is 7. The van der Waals surface area contributed by atoms with Gasteiger partial charge >= 0.3 is 6.18 Å². The van der Waals surface area contributed by atoms with Gasteiger partial charge in [-0.05, 0) is 73.0 Å². The number of nitrogens with zero attached hydrogens (tertiary/aromatic N) is 1. The van der Waals surface area contributed by atoms with E-state index in [9.17, 15) is 27.6 Å². The van der Waals surface area contributed by atoms with Crippen molar-refractivity contribution in [3.8, 4) is 17.2 Å². The molecule has 3 aromatic carbocycles. The lowest BCUT2D eigenvalue weighted by Crippen LogP contribution is -2.53. The highest BCUT2D eigenvalue weighted by molar-refractivity contribution is 6.05. The van der Waals surface area contributed by atoms with Crippen molar-refractivity contribution < 1.29 is 46.5 Å². The molecule has 3 aliphatic rings. The fraction of sp³-hybridized carbons (Fsp3) is 0.344. The van der Waals surface area contributed by atoms with Crippen LogP contribution in [0.15, 0.2) is 60.7 Å². The molecule has 3 heterocycles. The highest BCUT2D eigenvalue weighted by Crippen LogP contribution is 2.34. The molecule has 3 atom stereocenters. The molecule has 3 amide bonds. The first-order chi connectivity index (χ1) is 21.5. The first-order valence-electron chi connectivity index (χ1n) is 14.4. The number of ether oxygens (including phenoxy) is 4. The fourth-order valence-electron chi connectivity index (χ4n) is 5.65. The number of alkyl halides is 3. The number of carbonyl (C=O) groups excluding carboxylic acids is 3. The molecule has 6 rings (SSSR count). The van der Waals surface area contributed by atoms with Crippen molar-refractivity contribution in [2.75, 3.05) is 25.8 Å². The molecule has 0 radical (unpaired) electrons. The molecule has 0 aliphatic carbocycles. The third kappa shape index (κ3) is 6.68. The Morgan fingerprint density at radius 3 is 2.47 bits per heavy atom. The van der Waals surface area contributed by atoms with Gasteiger partial charge in [-0.1, -0.05) is 6.07 Å². The maximum absolute atomic E-state index is 13.5. The smallest absolute Gasteiger partial charge is 0.416 e. The van der Waals surface area contributed by atoms with Gasteiger partial charge in [-0.25, -0.2) is 0 Å². The topological polar surface area (TPSA) is 115 Å². The van der Waals surface area contributed by atoms with Crippen molar-refractivity contribution in [1.29, 1.82) is 0 Å². The van der Waals surface area contributed by atoms with Gasteiger partial charge in [0.25, 0.3) is 11.8 Å². The number of benzene rings is 3. The summed E-state index contributed by atoms with van der Waals surface area (Å²) in [6, 6.07) is 13.6. The lowest BCUT2D eigenvalue weighted by Gasteiger charge is -2.42. The Labute approximate surface area is 256 Å². The Hall–Kier alpha value is -4.78. The summed E-state index contributed by atoms with van der Waals surface area (Å²) in [6.45, 7) is 0.649. The zero-order valence-corrected chi connectivity index (χ0v) is 24.2. The predicted octanol–water partition coefficient (Wildman–Crippen LogP) is 4.77. The number of amides is 3. The zero-order chi connectivity index (χ0) is 31.7. The molecule has 0 spiro atoms. The minimum atomic E-state index is -4.51. The SMILES string of the molecule is CN1C(=O)c2cc(NC(=O)c3ccc(C(F)(F)F)cc3)ccc2OC[C@@H]2O[C@@H](CC(=O)NCc3ccc4c(c3)OCO4)CC[C@@H]21. The van der Waals surface area contributed by atoms with Crippen LogP contribution in [0.25, 0.3) is 0 Å². The number of halogens is 3. The molecule has 10 nitrogen and oxygen atoms in total. The molecule has 0 bridgehead atoms. The number of rotatable bonds is 6. The maximum Gasteiger partial charge on any atom is 0.416 e. The fourth-order valence-corrected chi connectivity index (χ4v) is 5.65. The lowest BCUT2D eigenvalue weighted by molar-refractivity contribution is -0.137. The number of anilines is 1. The number of carbonyl (C=O) groups is 3. The van der Waals surface area contributed by atoms with Crippen molar-refractivity contribution in [1.82, 2.24) is 10.2 Å². The Morgan fingerprint density at radius 2 is 1.69 bits per heavy atom. The zero-order valence-electron chi connectivity index (χ0n) is 24.2. The minimum Gasteiger partial charge on any atom is -0.490 e. The van der Waals surface area contributed by atoms with Gasteiger partial charge in [-0.3, -0.25) is 14.4 Å². The van der Waals surface area contributed by atoms with Crippen LogP contribution < -0.4 is 24.8 Å². The van der Waals surface area contributed by atoms with Crippen molar-refractivity contribution in [2.24, 2.45) is 0 Å². The molecular formula is C32H30F3N3O7. The third-order valence-electron chi connectivity index (χ3n) is 8.08. The van der Waals surface area contributed by atoms with Gasteiger partial charge < -0.3 is 34.5 Å². The second kappa shape index (κ2) is 12.3. The van der Waals surface area contributed by atoms with Crippen LogP contribution in [-0.4, -0.2) is 61.3 Å². The van der Waals surface area contributed by atoms with Gasteiger partial charge in [0.05, 0.1) is 29.7 Å². The van der Waals surface area contributed by atoms with Crippen LogP contribution in [-0.2, 0) is 22.3 Å². The summed E-state index contributed by atoms with van der Waals surface area (Å²) in [4.78, 5) is 40.5. The van der Waals surface area contributed by atoms with E-state index in [1.165, 1.54) is 6.07 Å². The number of hydrogen-bond donors (Lipinski definition) is 2. The molecule has 236 valence electrons. The maximum atomic E-state index is 13.5. The van der Waals surface area contributed by atoms with Gasteiger partial charge in [0.1, 0.15) is 18.5 Å². The lowest BCUT2D eigenvalue weighted by atomic mass is 9.94. The highest BCUT2D eigenvalue weighted by atomic mass is 19.4. The molecule has 1 fully saturated rings. The third-order valence-corrected chi connectivity index (χ3v) is 8.08. The second-order valence-electron chi connectivity index (χ2n) is 11.1. The van der Waals surface area contributed by atoms with E-state index in [2.05, 4.69) is 10.6 Å². The van der Waals surface area contributed by atoms with E-state index in [-0.39, 0.29) is 60.6 Å². The minimum absolute atomic E-state index is 0.0350. The number of likely N-dealkylation sites (N-methyl/N-ethyl adjacent to an activating group) is 1. The average Bonchev–Trinajstić information content (AvgIpc) is 3.50. The van der Waals surface area contributed by atoms with Crippen molar-refractivity contribution in [2.45, 2.75) is 50.2 Å². The molecule has 0 unspecified atom stereocenters. The predicted molar refractivity (Wildman–Crippen MR) is 154 cm³/mol. The van der Waals surface area contributed by atoms with Crippen LogP contribution in [0.1, 0.15) is 51.1 Å². The van der Waals surface area contributed by atoms with E-state index >= 15 is 0 Å². The summed E-state index contributed by atoms with van der Waals surface area (Å²) in [5, 5.41) is 5.54. The molecule has 0 aromatic heterocycles. The van der Waals surface area contributed by atoms with E-state index in [4.69, 9.17) is 18.9 Å². The van der Waals surface area contributed by atoms with Crippen molar-refractivity contribution >= 4 is 23.4 Å². The van der Waals surface area contributed by atoms with Crippen LogP contribution in [0, 0.1) is 0 Å². The highest BCUT2D eigenvalue weighted by Gasteiger charge is 2.39. The average molecular weight is 626 g/mol. The van der Waals surface area contributed by atoms with E-state index in [0.717, 1.165) is 29.8 Å². The molecule has 13 heteroatoms. The van der Waals surface area contributed by atoms with Gasteiger partial charge in [0.15, 0.2) is 11.5 Å². The summed E-state index contributed by atoms with van der Waals surface area (Å²) in [5.74, 6) is 0.490. The largest absolute Gasteiger partial charge is 0.490 e. The van der Waals surface area contributed by atoms with E-state index in [0.29, 0.717) is 36.6 Å². The van der Waals surface area contributed by atoms with E-state index in [1.54, 1.807) is 30.1 Å². The van der Waals surface area contributed by atoms with Crippen LogP contribution in [0.4, 0.5) is 18.9 Å². The standard InChI is InChI=1S/C32H30F3N3O7/c1-38-24-9-8-22(14-29(39)36-15-18-2-10-26-27(12-18)44-17-43-26)45-28(24)16-42-25-11-7-21(13-23(25)31(38)41)37-30(40)19-3-5-20(6-4-19)32(33,34)35/h2-7,10-13,22,24,28H,8-9,14-17H2,1H3,(H,36,39)(H,37,40)/t22-,24+,28+/m1/s1. The van der Waals surface area contributed by atoms with Gasteiger partial charge in [-0.2, -0.15) is 13.2 Å². The van der Waals surface area contributed by atoms with Gasteiger partial charge in [0, 0.05) is 24.8 Å². The first-order valence-corrected chi connectivity index (χ1v) is 14.4. The molecule has 2 N–H and O–H groups in total. The van der Waals surface area contributed by atoms with Crippen LogP contribution >= 0.6 is 0 Å². The molecule has 1 saturated heterocycles. The van der Waals surface area contributed by atoms with Crippen LogP contribution in [0.5, 0.6) is 17.2 Å². The number of fused-ring (bicyclic) bond motifs is 3. The Balaban J connectivity index is 1.06. The van der Waals surface area contributed by atoms with E-state index in [1.807, 2.05) is 12.1 Å². The molecule has 0 saturated carbocycles. The van der Waals surface area contributed by atoms with Crippen LogP contribution in [0.2, 0.25) is 0 Å². The van der Waals surface area contributed by atoms with Crippen LogP contribution in [0.3, 0.4) is 0 Å². The first kappa shape index (κ1) is 30.3. The summed E-state index contributed by atoms with van der Waals surface area (Å²) in [5.41, 5.74) is 0.571. The Bertz CT molecular complexity index is 1610. The molecular weight excluding hydrogens is 595 g/mol. The van der Waals surface area contributed by atoms with Gasteiger partial charge in [0.2, 0.25) is 12.7 Å². The normalized spacial score (nSPS) is 20.7. The van der Waals surface area contributed by atoms with Crippen molar-refractivity contribution in [3.63, 3.8) is 0 Å². The summed E-state index contributed by atoms with van der Waals surface area (Å²) < 4.78 is 61.5. The molecule has 45 heavy (non-hydrogen) atoms. The molecule has 3 aliphatic heterocycles. The van der Waals surface area contributed by atoms with E-state index < -0.39 is 23.8 Å². The molecule has 3 aromatic rings. The summed E-state index contributed by atoms with van der Waals surface area (Å²) in [6.07, 6.45) is -4.01. The summed E-state index contributed by atoms with van der Waals surface area (Å²) in [7, 11) is 1.67. The quantitative estimate of drug-likeness (QED) is 0.406. The Kier molecular flexibility index (Phi) is 8.28. The monoisotopic (exact) mass is 625 g/mol.